The molecule has 0 saturated heterocycles. The second-order valence-electron chi connectivity index (χ2n) is 4.42. The van der Waals surface area contributed by atoms with E-state index in [-0.39, 0.29) is 6.42 Å². The molecule has 0 amide bonds. The maximum absolute atomic E-state index is 10.6. The number of methoxy groups -OCH3 is 1. The van der Waals surface area contributed by atoms with Gasteiger partial charge in [-0.1, -0.05) is 6.07 Å². The van der Waals surface area contributed by atoms with Crippen LogP contribution in [0.5, 0.6) is 5.88 Å². The molecule has 0 aliphatic rings. The summed E-state index contributed by atoms with van der Waals surface area (Å²) in [7, 11) is 1.58. The van der Waals surface area contributed by atoms with E-state index in [1.807, 2.05) is 12.1 Å². The van der Waals surface area contributed by atoms with Crippen molar-refractivity contribution in [2.75, 3.05) is 13.7 Å². The Kier molecular flexibility index (Phi) is 5.58. The summed E-state index contributed by atoms with van der Waals surface area (Å²) >= 11 is 0. The van der Waals surface area contributed by atoms with E-state index in [9.17, 15) is 4.79 Å². The van der Waals surface area contributed by atoms with Crippen molar-refractivity contribution in [1.82, 2.24) is 9.88 Å². The minimum Gasteiger partial charge on any atom is -0.481 e. The Bertz CT molecular complexity index is 376. The summed E-state index contributed by atoms with van der Waals surface area (Å²) in [5.41, 5.74) is 1.05. The smallest absolute Gasteiger partial charge is 0.304 e. The maximum atomic E-state index is 10.6. The number of hydrogen-bond acceptors (Lipinski definition) is 4. The van der Waals surface area contributed by atoms with Crippen molar-refractivity contribution in [2.45, 2.75) is 32.9 Å². The van der Waals surface area contributed by atoms with E-state index in [4.69, 9.17) is 9.84 Å². The number of aromatic nitrogens is 1. The van der Waals surface area contributed by atoms with Gasteiger partial charge in [-0.2, -0.15) is 0 Å². The lowest BCUT2D eigenvalue weighted by molar-refractivity contribution is -0.137. The number of carbonyl (C=O) groups is 1. The number of ether oxygens (including phenoxy) is 1. The topological polar surface area (TPSA) is 62.7 Å². The number of carboxylic acids is 1. The van der Waals surface area contributed by atoms with Crippen LogP contribution in [-0.2, 0) is 11.3 Å². The first-order chi connectivity index (χ1) is 8.52. The zero-order chi connectivity index (χ0) is 13.5. The van der Waals surface area contributed by atoms with Gasteiger partial charge in [0, 0.05) is 31.4 Å². The van der Waals surface area contributed by atoms with Crippen LogP contribution in [0, 0.1) is 0 Å². The van der Waals surface area contributed by atoms with E-state index in [1.165, 1.54) is 0 Å². The molecule has 0 atom stereocenters. The highest BCUT2D eigenvalue weighted by Crippen LogP contribution is 2.11. The van der Waals surface area contributed by atoms with Crippen LogP contribution in [0.25, 0.3) is 0 Å². The molecular formula is C13H20N2O3. The Morgan fingerprint density at radius 2 is 2.22 bits per heavy atom. The molecule has 0 unspecified atom stereocenters. The highest BCUT2D eigenvalue weighted by atomic mass is 16.5. The SMILES string of the molecule is COc1ccc(CN(CCC(=O)O)C(C)C)cn1. The van der Waals surface area contributed by atoms with Gasteiger partial charge in [0.05, 0.1) is 13.5 Å². The Hall–Kier alpha value is -1.62. The highest BCUT2D eigenvalue weighted by Gasteiger charge is 2.12. The highest BCUT2D eigenvalue weighted by molar-refractivity contribution is 5.66. The fraction of sp³-hybridized carbons (Fsp3) is 0.538. The van der Waals surface area contributed by atoms with Gasteiger partial charge in [-0.05, 0) is 19.4 Å². The first-order valence-corrected chi connectivity index (χ1v) is 5.97. The average molecular weight is 252 g/mol. The number of aliphatic carboxylic acids is 1. The molecule has 0 radical (unpaired) electrons. The Labute approximate surface area is 107 Å². The largest absolute Gasteiger partial charge is 0.481 e. The van der Waals surface area contributed by atoms with Gasteiger partial charge in [0.2, 0.25) is 5.88 Å². The number of hydrogen-bond donors (Lipinski definition) is 1. The van der Waals surface area contributed by atoms with Crippen LogP contribution < -0.4 is 4.74 Å². The molecule has 0 aromatic carbocycles. The van der Waals surface area contributed by atoms with Crippen molar-refractivity contribution in [2.24, 2.45) is 0 Å². The molecule has 0 aliphatic heterocycles. The predicted octanol–water partition coefficient (Wildman–Crippen LogP) is 1.78. The van der Waals surface area contributed by atoms with E-state index in [1.54, 1.807) is 13.3 Å². The Morgan fingerprint density at radius 3 is 2.67 bits per heavy atom. The Morgan fingerprint density at radius 1 is 1.50 bits per heavy atom. The summed E-state index contributed by atoms with van der Waals surface area (Å²) in [5.74, 6) is -0.186. The van der Waals surface area contributed by atoms with Crippen LogP contribution in [0.2, 0.25) is 0 Å². The van der Waals surface area contributed by atoms with E-state index >= 15 is 0 Å². The van der Waals surface area contributed by atoms with Crippen LogP contribution >= 0.6 is 0 Å². The molecule has 0 aliphatic carbocycles. The molecular weight excluding hydrogens is 232 g/mol. The summed E-state index contributed by atoms with van der Waals surface area (Å²) in [5, 5.41) is 8.72. The molecule has 0 bridgehead atoms. The zero-order valence-electron chi connectivity index (χ0n) is 11.1. The molecule has 1 heterocycles. The van der Waals surface area contributed by atoms with Crippen molar-refractivity contribution in [3.63, 3.8) is 0 Å². The minimum absolute atomic E-state index is 0.155. The summed E-state index contributed by atoms with van der Waals surface area (Å²) in [6.07, 6.45) is 1.91. The molecule has 1 aromatic rings. The minimum atomic E-state index is -0.770. The first-order valence-electron chi connectivity index (χ1n) is 5.97. The van der Waals surface area contributed by atoms with E-state index in [2.05, 4.69) is 23.7 Å². The van der Waals surface area contributed by atoms with Gasteiger partial charge >= 0.3 is 5.97 Å². The third-order valence-electron chi connectivity index (χ3n) is 2.74. The van der Waals surface area contributed by atoms with Crippen LogP contribution in [0.3, 0.4) is 0 Å². The number of nitrogens with zero attached hydrogens (tertiary/aromatic N) is 2. The fourth-order valence-corrected chi connectivity index (χ4v) is 1.62. The van der Waals surface area contributed by atoms with Crippen LogP contribution in [0.1, 0.15) is 25.8 Å². The van der Waals surface area contributed by atoms with Crippen molar-refractivity contribution in [3.8, 4) is 5.88 Å². The van der Waals surface area contributed by atoms with E-state index in [0.29, 0.717) is 25.0 Å². The van der Waals surface area contributed by atoms with Gasteiger partial charge in [-0.25, -0.2) is 4.98 Å². The van der Waals surface area contributed by atoms with Gasteiger partial charge in [0.15, 0.2) is 0 Å². The second kappa shape index (κ2) is 6.96. The summed E-state index contributed by atoms with van der Waals surface area (Å²) < 4.78 is 5.00. The molecule has 1 N–H and O–H groups in total. The quantitative estimate of drug-likeness (QED) is 0.801. The molecule has 1 aromatic heterocycles. The van der Waals surface area contributed by atoms with Crippen molar-refractivity contribution in [1.29, 1.82) is 0 Å². The number of rotatable bonds is 7. The van der Waals surface area contributed by atoms with Crippen LogP contribution in [0.15, 0.2) is 18.3 Å². The van der Waals surface area contributed by atoms with Crippen molar-refractivity contribution in [3.05, 3.63) is 23.9 Å². The van der Waals surface area contributed by atoms with Gasteiger partial charge in [-0.3, -0.25) is 9.69 Å². The van der Waals surface area contributed by atoms with E-state index < -0.39 is 5.97 Å². The van der Waals surface area contributed by atoms with Gasteiger partial charge < -0.3 is 9.84 Å². The summed E-state index contributed by atoms with van der Waals surface area (Å²) in [6.45, 7) is 5.35. The molecule has 5 heteroatoms. The van der Waals surface area contributed by atoms with Gasteiger partial charge in [-0.15, -0.1) is 0 Å². The standard InChI is InChI=1S/C13H20N2O3/c1-10(2)15(7-6-13(16)17)9-11-4-5-12(18-3)14-8-11/h4-5,8,10H,6-7,9H2,1-3H3,(H,16,17). The molecule has 100 valence electrons. The van der Waals surface area contributed by atoms with Crippen molar-refractivity contribution < 1.29 is 14.6 Å². The predicted molar refractivity (Wildman–Crippen MR) is 68.6 cm³/mol. The first kappa shape index (κ1) is 14.4. The molecule has 1 rings (SSSR count). The monoisotopic (exact) mass is 252 g/mol. The zero-order valence-corrected chi connectivity index (χ0v) is 11.1. The fourth-order valence-electron chi connectivity index (χ4n) is 1.62. The van der Waals surface area contributed by atoms with Crippen molar-refractivity contribution >= 4 is 5.97 Å². The lowest BCUT2D eigenvalue weighted by Gasteiger charge is -2.25. The Balaban J connectivity index is 2.61. The van der Waals surface area contributed by atoms with Gasteiger partial charge in [0.1, 0.15) is 0 Å². The lowest BCUT2D eigenvalue weighted by Crippen LogP contribution is -2.32. The summed E-state index contributed by atoms with van der Waals surface area (Å²) in [4.78, 5) is 16.9. The third kappa shape index (κ3) is 4.71. The van der Waals surface area contributed by atoms with Crippen LogP contribution in [0.4, 0.5) is 0 Å². The average Bonchev–Trinajstić information content (AvgIpc) is 2.34. The van der Waals surface area contributed by atoms with Crippen LogP contribution in [-0.4, -0.2) is 40.7 Å². The second-order valence-corrected chi connectivity index (χ2v) is 4.42. The maximum Gasteiger partial charge on any atom is 0.304 e. The number of pyridine rings is 1. The molecule has 0 spiro atoms. The summed E-state index contributed by atoms with van der Waals surface area (Å²) in [6, 6.07) is 4.05. The molecule has 0 fully saturated rings. The molecule has 5 nitrogen and oxygen atoms in total. The lowest BCUT2D eigenvalue weighted by atomic mass is 10.2. The normalized spacial score (nSPS) is 10.9. The number of carboxylic acid groups (broad SMARTS) is 1. The molecule has 18 heavy (non-hydrogen) atoms. The van der Waals surface area contributed by atoms with Gasteiger partial charge in [0.25, 0.3) is 0 Å². The third-order valence-corrected chi connectivity index (χ3v) is 2.74. The van der Waals surface area contributed by atoms with E-state index in [0.717, 1.165) is 5.56 Å². The molecule has 0 saturated carbocycles.